The topological polar surface area (TPSA) is 58.2 Å². The summed E-state index contributed by atoms with van der Waals surface area (Å²) in [6.07, 6.45) is 3.13. The molecule has 0 aromatic rings. The molecule has 77 valence electrons. The van der Waals surface area contributed by atoms with E-state index in [1.807, 2.05) is 6.42 Å². The Morgan fingerprint density at radius 2 is 2.21 bits per heavy atom. The van der Waals surface area contributed by atoms with E-state index in [4.69, 9.17) is 0 Å². The van der Waals surface area contributed by atoms with Crippen molar-refractivity contribution in [1.29, 1.82) is 0 Å². The summed E-state index contributed by atoms with van der Waals surface area (Å²) in [6.45, 7) is 5.31. The van der Waals surface area contributed by atoms with Crippen molar-refractivity contribution in [2.75, 3.05) is 0 Å². The van der Waals surface area contributed by atoms with Gasteiger partial charge < -0.3 is 28.8 Å². The van der Waals surface area contributed by atoms with Crippen LogP contribution in [-0.4, -0.2) is 23.9 Å². The molecule has 0 spiro atoms. The minimum atomic E-state index is -0.191. The molecule has 1 radical (unpaired) electrons. The first-order valence-corrected chi connectivity index (χ1v) is 4.32. The van der Waals surface area contributed by atoms with Crippen molar-refractivity contribution < 1.29 is 42.3 Å². The number of ketones is 1. The van der Waals surface area contributed by atoms with Gasteiger partial charge in [0.05, 0.1) is 0 Å². The van der Waals surface area contributed by atoms with Crippen LogP contribution in [0.5, 0.6) is 0 Å². The van der Waals surface area contributed by atoms with Gasteiger partial charge in [-0.3, -0.25) is 0 Å². The smallest absolute Gasteiger partial charge is 0.310 e. The molecule has 0 aromatic heterocycles. The second-order valence-electron chi connectivity index (χ2n) is 3.23. The van der Waals surface area contributed by atoms with Gasteiger partial charge in [0.25, 0.3) is 0 Å². The third kappa shape index (κ3) is 4.51. The monoisotopic (exact) mass is 271 g/mol. The fourth-order valence-corrected chi connectivity index (χ4v) is 1.24. The van der Waals surface area contributed by atoms with E-state index >= 15 is 0 Å². The normalized spacial score (nSPS) is 24.9. The summed E-state index contributed by atoms with van der Waals surface area (Å²) < 4.78 is 0. The van der Waals surface area contributed by atoms with Gasteiger partial charge in [0.1, 0.15) is 5.78 Å². The minimum Gasteiger partial charge on any atom is -0.366 e. The maximum Gasteiger partial charge on any atom is 0.310 e. The van der Waals surface area contributed by atoms with Crippen molar-refractivity contribution in [1.82, 2.24) is 10.6 Å². The number of rotatable bonds is 4. The molecule has 1 fully saturated rings. The Labute approximate surface area is 109 Å². The Hall–Kier alpha value is 0.0439. The molecule has 0 aromatic carbocycles. The van der Waals surface area contributed by atoms with Gasteiger partial charge in [-0.2, -0.15) is 6.42 Å². The van der Waals surface area contributed by atoms with Gasteiger partial charge in [-0.25, -0.2) is 4.79 Å². The molecule has 4 nitrogen and oxygen atoms in total. The van der Waals surface area contributed by atoms with Crippen molar-refractivity contribution in [3.8, 4) is 0 Å². The van der Waals surface area contributed by atoms with E-state index in [1.54, 1.807) is 6.92 Å². The van der Waals surface area contributed by atoms with Gasteiger partial charge in [0.2, 0.25) is 0 Å². The summed E-state index contributed by atoms with van der Waals surface area (Å²) in [5.41, 5.74) is 0. The maximum absolute atomic E-state index is 10.8. The Kier molecular flexibility index (Phi) is 6.53. The van der Waals surface area contributed by atoms with Crippen LogP contribution in [0.3, 0.4) is 0 Å². The number of hydrogen-bond acceptors (Lipinski definition) is 2. The average molecular weight is 271 g/mol. The predicted octanol–water partition coefficient (Wildman–Crippen LogP) is 0.441. The van der Waals surface area contributed by atoms with E-state index < -0.39 is 0 Å². The Balaban J connectivity index is 0.00000169. The van der Waals surface area contributed by atoms with Crippen LogP contribution < -0.4 is 10.6 Å². The summed E-state index contributed by atoms with van der Waals surface area (Å²) in [4.78, 5) is 21.4. The van der Waals surface area contributed by atoms with Gasteiger partial charge >= 0.3 is 6.03 Å². The van der Waals surface area contributed by atoms with Crippen molar-refractivity contribution in [2.24, 2.45) is 0 Å². The molecule has 5 heteroatoms. The molecule has 2 atom stereocenters. The van der Waals surface area contributed by atoms with Crippen molar-refractivity contribution in [3.05, 3.63) is 13.3 Å². The molecule has 0 aliphatic carbocycles. The van der Waals surface area contributed by atoms with Gasteiger partial charge in [-0.05, 0) is 13.3 Å². The average Bonchev–Trinajstić information content (AvgIpc) is 2.29. The minimum absolute atomic E-state index is 0. The first-order chi connectivity index (χ1) is 6.09. The van der Waals surface area contributed by atoms with Crippen LogP contribution >= 0.6 is 0 Å². The number of hydrogen-bond donors (Lipinski definition) is 2. The van der Waals surface area contributed by atoms with Crippen LogP contribution in [0, 0.1) is 13.3 Å². The number of carbonyl (C=O) groups is 2. The van der Waals surface area contributed by atoms with E-state index in [-0.39, 0.29) is 56.6 Å². The zero-order valence-corrected chi connectivity index (χ0v) is 11.1. The van der Waals surface area contributed by atoms with Gasteiger partial charge in [0, 0.05) is 32.7 Å². The van der Waals surface area contributed by atoms with Gasteiger partial charge in [-0.1, -0.05) is 0 Å². The molecular weight excluding hydrogens is 257 g/mol. The Bertz CT molecular complexity index is 221. The molecule has 2 amide bonds. The standard InChI is InChI=1S/C9H14N2O2.Y/c1-6(12)4-3-5-8-7(2)10-9(13)11-8;/h5,7-8H,2-4H2,1H3,(H2,10,11,13);/q-2;. The van der Waals surface area contributed by atoms with E-state index in [2.05, 4.69) is 17.6 Å². The molecule has 2 N–H and O–H groups in total. The van der Waals surface area contributed by atoms with Crippen LogP contribution in [0.1, 0.15) is 19.8 Å². The Morgan fingerprint density at radius 3 is 2.64 bits per heavy atom. The summed E-state index contributed by atoms with van der Waals surface area (Å²) in [5.74, 6) is 0.161. The van der Waals surface area contributed by atoms with Gasteiger partial charge in [0.15, 0.2) is 0 Å². The Morgan fingerprint density at radius 1 is 1.57 bits per heavy atom. The second kappa shape index (κ2) is 6.51. The summed E-state index contributed by atoms with van der Waals surface area (Å²) in [5, 5.41) is 5.33. The van der Waals surface area contributed by atoms with Crippen molar-refractivity contribution >= 4 is 11.8 Å². The number of amides is 2. The van der Waals surface area contributed by atoms with E-state index in [9.17, 15) is 9.59 Å². The summed E-state index contributed by atoms with van der Waals surface area (Å²) in [7, 11) is 0. The SMILES string of the molecule is [CH2-]C1NC(=O)NC1[CH-]CCC(C)=O.[Y]. The van der Waals surface area contributed by atoms with Crippen molar-refractivity contribution in [2.45, 2.75) is 31.8 Å². The molecule has 14 heavy (non-hydrogen) atoms. The molecule has 1 rings (SSSR count). The van der Waals surface area contributed by atoms with Crippen LogP contribution in [0.25, 0.3) is 0 Å². The number of carbonyl (C=O) groups excluding carboxylic acids is 2. The molecule has 1 aliphatic rings. The molecule has 1 aliphatic heterocycles. The molecular formula is C9H14N2O2Y-2. The molecule has 0 bridgehead atoms. The molecule has 2 unspecified atom stereocenters. The maximum atomic E-state index is 10.8. The molecule has 0 saturated carbocycles. The first-order valence-electron chi connectivity index (χ1n) is 4.32. The molecule has 1 saturated heterocycles. The zero-order valence-electron chi connectivity index (χ0n) is 8.25. The number of urea groups is 1. The largest absolute Gasteiger partial charge is 0.366 e. The third-order valence-corrected chi connectivity index (χ3v) is 1.96. The van der Waals surface area contributed by atoms with Crippen molar-refractivity contribution in [3.63, 3.8) is 0 Å². The second-order valence-corrected chi connectivity index (χ2v) is 3.23. The van der Waals surface area contributed by atoms with Crippen LogP contribution in [0.15, 0.2) is 0 Å². The van der Waals surface area contributed by atoms with E-state index in [0.29, 0.717) is 12.8 Å². The number of Topliss-reactive ketones (excluding diaryl/α,β-unsaturated/α-hetero) is 1. The summed E-state index contributed by atoms with van der Waals surface area (Å²) in [6, 6.07) is -0.365. The molecule has 1 heterocycles. The van der Waals surface area contributed by atoms with Crippen LogP contribution in [0.4, 0.5) is 4.79 Å². The fourth-order valence-electron chi connectivity index (χ4n) is 1.24. The number of nitrogens with one attached hydrogen (secondary N) is 2. The van der Waals surface area contributed by atoms with Crippen LogP contribution in [0.2, 0.25) is 0 Å². The quantitative estimate of drug-likeness (QED) is 0.729. The van der Waals surface area contributed by atoms with E-state index in [1.165, 1.54) is 0 Å². The first kappa shape index (κ1) is 14.0. The predicted molar refractivity (Wildman–Crippen MR) is 48.8 cm³/mol. The zero-order chi connectivity index (χ0) is 9.84. The van der Waals surface area contributed by atoms with E-state index in [0.717, 1.165) is 0 Å². The fraction of sp³-hybridized carbons (Fsp3) is 0.556. The third-order valence-electron chi connectivity index (χ3n) is 1.96. The van der Waals surface area contributed by atoms with Gasteiger partial charge in [-0.15, -0.1) is 12.1 Å². The summed E-state index contributed by atoms with van der Waals surface area (Å²) >= 11 is 0. The van der Waals surface area contributed by atoms with Crippen LogP contribution in [-0.2, 0) is 37.5 Å².